The summed E-state index contributed by atoms with van der Waals surface area (Å²) in [5.41, 5.74) is 0. The van der Waals surface area contributed by atoms with Crippen LogP contribution in [-0.4, -0.2) is 21.0 Å². The van der Waals surface area contributed by atoms with Gasteiger partial charge in [-0.2, -0.15) is 0 Å². The van der Waals surface area contributed by atoms with E-state index in [0.29, 0.717) is 5.75 Å². The Labute approximate surface area is 96.7 Å². The lowest BCUT2D eigenvalue weighted by molar-refractivity contribution is -0.136. The fourth-order valence-electron chi connectivity index (χ4n) is 0.861. The second-order valence-electron chi connectivity index (χ2n) is 2.66. The molecule has 1 atom stereocenters. The first-order valence-corrected chi connectivity index (χ1v) is 7.03. The van der Waals surface area contributed by atoms with Crippen LogP contribution in [0.1, 0.15) is 11.3 Å². The van der Waals surface area contributed by atoms with Crippen molar-refractivity contribution in [3.63, 3.8) is 0 Å². The predicted molar refractivity (Wildman–Crippen MR) is 61.0 cm³/mol. The molecule has 1 rings (SSSR count). The van der Waals surface area contributed by atoms with E-state index in [2.05, 4.69) is 15.9 Å². The van der Waals surface area contributed by atoms with Crippen molar-refractivity contribution in [1.82, 2.24) is 0 Å². The molecule has 1 unspecified atom stereocenters. The van der Waals surface area contributed by atoms with E-state index in [4.69, 9.17) is 5.11 Å². The molecule has 78 valence electrons. The maximum atomic E-state index is 11.4. The summed E-state index contributed by atoms with van der Waals surface area (Å²) in [5.74, 6) is -0.222. The molecule has 0 bridgehead atoms. The van der Waals surface area contributed by atoms with Crippen LogP contribution in [-0.2, 0) is 21.3 Å². The minimum Gasteiger partial charge on any atom is -0.481 e. The standard InChI is InChI=1S/C8H9BrO3S2/c9-6-3-7(13-4-6)5-14(12)2-1-8(10)11/h3-4H,1-2,5H2,(H,10,11). The smallest absolute Gasteiger partial charge is 0.304 e. The van der Waals surface area contributed by atoms with E-state index in [1.807, 2.05) is 11.4 Å². The van der Waals surface area contributed by atoms with Gasteiger partial charge in [-0.15, -0.1) is 11.3 Å². The molecule has 0 radical (unpaired) electrons. The van der Waals surface area contributed by atoms with Gasteiger partial charge in [-0.1, -0.05) is 0 Å². The van der Waals surface area contributed by atoms with Crippen LogP contribution < -0.4 is 0 Å². The average Bonchev–Trinajstić information content (AvgIpc) is 2.48. The Morgan fingerprint density at radius 1 is 1.64 bits per heavy atom. The third kappa shape index (κ3) is 4.34. The summed E-state index contributed by atoms with van der Waals surface area (Å²) in [5, 5.41) is 10.3. The normalized spacial score (nSPS) is 12.6. The van der Waals surface area contributed by atoms with Crippen LogP contribution in [0.15, 0.2) is 15.9 Å². The first-order valence-electron chi connectivity index (χ1n) is 3.87. The number of carboxylic acid groups (broad SMARTS) is 1. The Bertz CT molecular complexity index is 348. The van der Waals surface area contributed by atoms with Gasteiger partial charge in [0, 0.05) is 31.3 Å². The Morgan fingerprint density at radius 3 is 2.86 bits per heavy atom. The number of aliphatic carboxylic acids is 1. The van der Waals surface area contributed by atoms with Crippen LogP contribution in [0.3, 0.4) is 0 Å². The van der Waals surface area contributed by atoms with Crippen molar-refractivity contribution in [2.75, 3.05) is 5.75 Å². The first-order chi connectivity index (χ1) is 6.58. The zero-order chi connectivity index (χ0) is 10.6. The van der Waals surface area contributed by atoms with Gasteiger partial charge < -0.3 is 5.11 Å². The van der Waals surface area contributed by atoms with Gasteiger partial charge in [0.1, 0.15) is 0 Å². The number of carbonyl (C=O) groups is 1. The highest BCUT2D eigenvalue weighted by Gasteiger charge is 2.06. The number of carboxylic acids is 1. The minimum absolute atomic E-state index is 0.0286. The molecular formula is C8H9BrO3S2. The summed E-state index contributed by atoms with van der Waals surface area (Å²) in [6.07, 6.45) is -0.0286. The van der Waals surface area contributed by atoms with Gasteiger partial charge in [0.2, 0.25) is 0 Å². The topological polar surface area (TPSA) is 54.4 Å². The number of hydrogen-bond acceptors (Lipinski definition) is 3. The predicted octanol–water partition coefficient (Wildman–Crippen LogP) is 2.23. The Hall–Kier alpha value is -0.200. The lowest BCUT2D eigenvalue weighted by atomic mass is 10.5. The van der Waals surface area contributed by atoms with Crippen molar-refractivity contribution in [2.45, 2.75) is 12.2 Å². The molecule has 0 aliphatic heterocycles. The van der Waals surface area contributed by atoms with E-state index < -0.39 is 16.8 Å². The van der Waals surface area contributed by atoms with Crippen LogP contribution >= 0.6 is 27.3 Å². The van der Waals surface area contributed by atoms with Gasteiger partial charge in [-0.3, -0.25) is 9.00 Å². The van der Waals surface area contributed by atoms with E-state index in [1.165, 1.54) is 11.3 Å². The highest BCUT2D eigenvalue weighted by molar-refractivity contribution is 9.10. The van der Waals surface area contributed by atoms with E-state index in [1.54, 1.807) is 0 Å². The zero-order valence-electron chi connectivity index (χ0n) is 7.23. The fraction of sp³-hybridized carbons (Fsp3) is 0.375. The van der Waals surface area contributed by atoms with Crippen LogP contribution in [0, 0.1) is 0 Å². The largest absolute Gasteiger partial charge is 0.481 e. The van der Waals surface area contributed by atoms with Crippen LogP contribution in [0.5, 0.6) is 0 Å². The molecule has 0 saturated carbocycles. The molecule has 0 aromatic carbocycles. The van der Waals surface area contributed by atoms with Gasteiger partial charge in [-0.25, -0.2) is 0 Å². The molecule has 0 saturated heterocycles. The third-order valence-corrected chi connectivity index (χ3v) is 4.64. The Kier molecular flexibility index (Phi) is 4.77. The molecule has 6 heteroatoms. The molecule has 1 aromatic heterocycles. The van der Waals surface area contributed by atoms with Crippen molar-refractivity contribution >= 4 is 44.0 Å². The van der Waals surface area contributed by atoms with E-state index in [9.17, 15) is 9.00 Å². The molecule has 0 amide bonds. The number of halogens is 1. The maximum absolute atomic E-state index is 11.4. The molecule has 1 heterocycles. The number of hydrogen-bond donors (Lipinski definition) is 1. The molecule has 3 nitrogen and oxygen atoms in total. The van der Waals surface area contributed by atoms with Crippen molar-refractivity contribution in [1.29, 1.82) is 0 Å². The summed E-state index contributed by atoms with van der Waals surface area (Å²) >= 11 is 4.83. The lowest BCUT2D eigenvalue weighted by Gasteiger charge is -1.96. The number of thiophene rings is 1. The van der Waals surface area contributed by atoms with Crippen LogP contribution in [0.2, 0.25) is 0 Å². The van der Waals surface area contributed by atoms with Gasteiger partial charge in [0.15, 0.2) is 0 Å². The van der Waals surface area contributed by atoms with Crippen LogP contribution in [0.4, 0.5) is 0 Å². The summed E-state index contributed by atoms with van der Waals surface area (Å²) < 4.78 is 12.3. The number of rotatable bonds is 5. The molecule has 0 spiro atoms. The fourth-order valence-corrected chi connectivity index (χ4v) is 3.71. The Balaban J connectivity index is 2.37. The molecule has 0 aliphatic rings. The lowest BCUT2D eigenvalue weighted by Crippen LogP contribution is -2.05. The maximum Gasteiger partial charge on any atom is 0.304 e. The quantitative estimate of drug-likeness (QED) is 0.906. The monoisotopic (exact) mass is 296 g/mol. The van der Waals surface area contributed by atoms with Gasteiger partial charge in [0.05, 0.1) is 12.2 Å². The third-order valence-electron chi connectivity index (χ3n) is 1.47. The molecule has 1 aromatic rings. The van der Waals surface area contributed by atoms with Crippen molar-refractivity contribution in [3.8, 4) is 0 Å². The summed E-state index contributed by atoms with van der Waals surface area (Å²) in [6, 6.07) is 1.91. The average molecular weight is 297 g/mol. The van der Waals surface area contributed by atoms with E-state index in [-0.39, 0.29) is 12.2 Å². The second-order valence-corrected chi connectivity index (χ2v) is 6.15. The van der Waals surface area contributed by atoms with E-state index >= 15 is 0 Å². The minimum atomic E-state index is -1.07. The zero-order valence-corrected chi connectivity index (χ0v) is 10.5. The first kappa shape index (κ1) is 11.9. The van der Waals surface area contributed by atoms with Gasteiger partial charge >= 0.3 is 5.97 Å². The van der Waals surface area contributed by atoms with E-state index in [0.717, 1.165) is 9.35 Å². The molecule has 0 aliphatic carbocycles. The summed E-state index contributed by atoms with van der Waals surface area (Å²) in [4.78, 5) is 11.2. The molecule has 1 N–H and O–H groups in total. The highest BCUT2D eigenvalue weighted by Crippen LogP contribution is 2.21. The summed E-state index contributed by atoms with van der Waals surface area (Å²) in [6.45, 7) is 0. The Morgan fingerprint density at radius 2 is 2.36 bits per heavy atom. The molecule has 0 fully saturated rings. The molecular weight excluding hydrogens is 288 g/mol. The van der Waals surface area contributed by atoms with Crippen molar-refractivity contribution in [3.05, 3.63) is 20.8 Å². The second kappa shape index (κ2) is 5.63. The van der Waals surface area contributed by atoms with Crippen LogP contribution in [0.25, 0.3) is 0 Å². The van der Waals surface area contributed by atoms with Crippen molar-refractivity contribution in [2.24, 2.45) is 0 Å². The van der Waals surface area contributed by atoms with Crippen molar-refractivity contribution < 1.29 is 14.1 Å². The van der Waals surface area contributed by atoms with Gasteiger partial charge in [0.25, 0.3) is 0 Å². The highest BCUT2D eigenvalue weighted by atomic mass is 79.9. The molecule has 14 heavy (non-hydrogen) atoms. The van der Waals surface area contributed by atoms with Gasteiger partial charge in [-0.05, 0) is 22.0 Å². The SMILES string of the molecule is O=C(O)CCS(=O)Cc1cc(Br)cs1. The summed E-state index contributed by atoms with van der Waals surface area (Å²) in [7, 11) is -1.07.